The van der Waals surface area contributed by atoms with E-state index in [4.69, 9.17) is 0 Å². The molecule has 0 atom stereocenters. The van der Waals surface area contributed by atoms with Crippen molar-refractivity contribution in [2.45, 2.75) is 0 Å². The van der Waals surface area contributed by atoms with E-state index in [1.807, 2.05) is 0 Å². The average molecular weight is 226 g/mol. The molecule has 0 spiro atoms. The summed E-state index contributed by atoms with van der Waals surface area (Å²) in [4.78, 5) is 0. The van der Waals surface area contributed by atoms with Crippen molar-refractivity contribution in [1.29, 1.82) is 0 Å². The molecule has 0 aromatic heterocycles. The Morgan fingerprint density at radius 2 is 1.00 bits per heavy atom. The summed E-state index contributed by atoms with van der Waals surface area (Å²) in [6.45, 7) is 0. The first-order valence-corrected chi connectivity index (χ1v) is 0. The molecule has 0 aromatic carbocycles. The number of hydrogen-bond donors (Lipinski definition) is 0. The van der Waals surface area contributed by atoms with Gasteiger partial charge in [-0.25, -0.2) is 0 Å². The van der Waals surface area contributed by atoms with Crippen LogP contribution in [0.1, 0.15) is 0 Å². The van der Waals surface area contributed by atoms with Crippen LogP contribution >= 0.6 is 0 Å². The molecule has 1 radical (unpaired) electrons. The van der Waals surface area contributed by atoms with Gasteiger partial charge in [0, 0.05) is 72.3 Å². The average Bonchev–Trinajstić information content (AvgIpc) is 0. The van der Waals surface area contributed by atoms with Crippen LogP contribution in [0.2, 0.25) is 0 Å². The second kappa shape index (κ2) is 18.7. The SMILES string of the molecule is [Cu].[Fe].[Ni].[Ti]. The van der Waals surface area contributed by atoms with Gasteiger partial charge in [-0.2, -0.15) is 0 Å². The molecule has 0 aliphatic rings. The molecule has 0 bridgehead atoms. The molecule has 33 valence electrons. The molecule has 0 saturated carbocycles. The summed E-state index contributed by atoms with van der Waals surface area (Å²) in [7, 11) is 0. The monoisotopic (exact) mass is 225 g/mol. The van der Waals surface area contributed by atoms with E-state index >= 15 is 0 Å². The summed E-state index contributed by atoms with van der Waals surface area (Å²) in [6, 6.07) is 0. The van der Waals surface area contributed by atoms with Crippen molar-refractivity contribution in [1.82, 2.24) is 0 Å². The Bertz CT molecular complexity index is 8.00. The second-order valence-electron chi connectivity index (χ2n) is 0. The molecule has 4 heavy (non-hydrogen) atoms. The van der Waals surface area contributed by atoms with E-state index in [9.17, 15) is 0 Å². The molecule has 0 N–H and O–H groups in total. The quantitative estimate of drug-likeness (QED) is 0.509. The first kappa shape index (κ1) is 34.1. The van der Waals surface area contributed by atoms with Gasteiger partial charge in [-0.15, -0.1) is 0 Å². The third-order valence-corrected chi connectivity index (χ3v) is 0. The van der Waals surface area contributed by atoms with Gasteiger partial charge in [-0.1, -0.05) is 0 Å². The summed E-state index contributed by atoms with van der Waals surface area (Å²) in [5.41, 5.74) is 0. The van der Waals surface area contributed by atoms with E-state index in [1.54, 1.807) is 0 Å². The van der Waals surface area contributed by atoms with Crippen LogP contribution in [0.4, 0.5) is 0 Å². The fourth-order valence-corrected chi connectivity index (χ4v) is 0. The summed E-state index contributed by atoms with van der Waals surface area (Å²) in [5, 5.41) is 0. The van der Waals surface area contributed by atoms with E-state index in [2.05, 4.69) is 0 Å². The van der Waals surface area contributed by atoms with Crippen molar-refractivity contribution < 1.29 is 72.3 Å². The summed E-state index contributed by atoms with van der Waals surface area (Å²) < 4.78 is 0. The van der Waals surface area contributed by atoms with Gasteiger partial charge >= 0.3 is 0 Å². The predicted octanol–water partition coefficient (Wildman–Crippen LogP) is -0.0100. The van der Waals surface area contributed by atoms with Crippen molar-refractivity contribution in [2.75, 3.05) is 0 Å². The standard InChI is InChI=1S/Cu.Fe.Ni.Ti. The van der Waals surface area contributed by atoms with Gasteiger partial charge in [0.2, 0.25) is 0 Å². The molecule has 0 amide bonds. The van der Waals surface area contributed by atoms with Crippen LogP contribution in [0.5, 0.6) is 0 Å². The molecule has 0 aliphatic heterocycles. The van der Waals surface area contributed by atoms with Crippen LogP contribution in [-0.2, 0) is 72.3 Å². The smallest absolute Gasteiger partial charge is 0 e. The molecule has 0 heterocycles. The molecule has 4 heteroatoms. The zero-order valence-corrected chi connectivity index (χ0v) is 6.07. The first-order chi connectivity index (χ1) is 0. The largest absolute Gasteiger partial charge is 0 e. The normalized spacial score (nSPS) is 0. The van der Waals surface area contributed by atoms with Crippen molar-refractivity contribution in [2.24, 2.45) is 0 Å². The maximum Gasteiger partial charge on any atom is 0 e. The first-order valence-electron chi connectivity index (χ1n) is 0. The van der Waals surface area contributed by atoms with E-state index < -0.39 is 0 Å². The van der Waals surface area contributed by atoms with Crippen molar-refractivity contribution in [3.63, 3.8) is 0 Å². The summed E-state index contributed by atoms with van der Waals surface area (Å²) in [5.74, 6) is 0. The minimum Gasteiger partial charge on any atom is 0 e. The maximum absolute atomic E-state index is 0. The van der Waals surface area contributed by atoms with Gasteiger partial charge in [0.05, 0.1) is 0 Å². The minimum atomic E-state index is 0. The Hall–Kier alpha value is 2.25. The van der Waals surface area contributed by atoms with Gasteiger partial charge in [-0.05, 0) is 0 Å². The Balaban J connectivity index is 0. The number of rotatable bonds is 0. The molecule has 0 saturated heterocycles. The van der Waals surface area contributed by atoms with Crippen LogP contribution in [0.15, 0.2) is 0 Å². The zero-order valence-electron chi connectivity index (χ0n) is 1.47. The Morgan fingerprint density at radius 3 is 1.00 bits per heavy atom. The molecule has 0 fully saturated rings. The third-order valence-electron chi connectivity index (χ3n) is 0. The van der Waals surface area contributed by atoms with Crippen molar-refractivity contribution in [3.8, 4) is 0 Å². The maximum atomic E-state index is 0. The van der Waals surface area contributed by atoms with E-state index in [0.29, 0.717) is 0 Å². The molecule has 0 nitrogen and oxygen atoms in total. The Labute approximate surface area is 71.6 Å². The van der Waals surface area contributed by atoms with Gasteiger partial charge in [0.15, 0.2) is 0 Å². The number of hydrogen-bond acceptors (Lipinski definition) is 0. The Morgan fingerprint density at radius 1 is 1.00 bits per heavy atom. The van der Waals surface area contributed by atoms with Crippen molar-refractivity contribution in [3.05, 3.63) is 0 Å². The molecule has 0 unspecified atom stereocenters. The summed E-state index contributed by atoms with van der Waals surface area (Å²) in [6.07, 6.45) is 0. The zero-order chi connectivity index (χ0) is 0. The fraction of sp³-hybridized carbons (Fsp3) is 0. The van der Waals surface area contributed by atoms with Crippen LogP contribution in [0.25, 0.3) is 0 Å². The molecular weight excluding hydrogens is 226 g/mol. The van der Waals surface area contributed by atoms with Gasteiger partial charge in [-0.3, -0.25) is 0 Å². The molecule has 0 rings (SSSR count). The Kier molecular flexibility index (Phi) is 160. The summed E-state index contributed by atoms with van der Waals surface area (Å²) >= 11 is 0. The van der Waals surface area contributed by atoms with Gasteiger partial charge in [0.1, 0.15) is 0 Å². The van der Waals surface area contributed by atoms with Crippen LogP contribution < -0.4 is 0 Å². The van der Waals surface area contributed by atoms with E-state index in [1.165, 1.54) is 0 Å². The second-order valence-corrected chi connectivity index (χ2v) is 0. The van der Waals surface area contributed by atoms with Crippen LogP contribution in [0, 0.1) is 0 Å². The van der Waals surface area contributed by atoms with Crippen LogP contribution in [0.3, 0.4) is 0 Å². The predicted molar refractivity (Wildman–Crippen MR) is 0 cm³/mol. The molecule has 0 aromatic rings. The van der Waals surface area contributed by atoms with E-state index in [-0.39, 0.29) is 72.3 Å². The van der Waals surface area contributed by atoms with Crippen molar-refractivity contribution >= 4 is 0 Å². The van der Waals surface area contributed by atoms with Gasteiger partial charge < -0.3 is 0 Å². The fourth-order valence-electron chi connectivity index (χ4n) is 0. The van der Waals surface area contributed by atoms with E-state index in [0.717, 1.165) is 0 Å². The molecular formula is CuFeNiTi. The van der Waals surface area contributed by atoms with Gasteiger partial charge in [0.25, 0.3) is 0 Å². The third kappa shape index (κ3) is 8.87. The molecule has 0 aliphatic carbocycles. The topological polar surface area (TPSA) is 0 Å². The van der Waals surface area contributed by atoms with Crippen LogP contribution in [-0.4, -0.2) is 0 Å². The minimum absolute atomic E-state index is 0.